The van der Waals surface area contributed by atoms with Crippen LogP contribution in [0.15, 0.2) is 48.5 Å². The number of hydrogen-bond donors (Lipinski definition) is 2. The number of esters is 1. The molecular weight excluding hydrogens is 334 g/mol. The maximum absolute atomic E-state index is 12.2. The zero-order chi connectivity index (χ0) is 19.1. The minimum Gasteiger partial charge on any atom is -0.462 e. The first-order valence-corrected chi connectivity index (χ1v) is 8.08. The average molecular weight is 355 g/mol. The number of benzene rings is 2. The molecule has 2 aromatic rings. The third-order valence-electron chi connectivity index (χ3n) is 3.50. The topological polar surface area (TPSA) is 87.7 Å². The second kappa shape index (κ2) is 8.66. The van der Waals surface area contributed by atoms with Crippen LogP contribution in [0, 0.1) is 0 Å². The molecule has 0 saturated heterocycles. The van der Waals surface area contributed by atoms with Crippen LogP contribution in [-0.2, 0) is 14.3 Å². The van der Waals surface area contributed by atoms with Crippen LogP contribution < -0.4 is 15.5 Å². The third-order valence-corrected chi connectivity index (χ3v) is 3.50. The van der Waals surface area contributed by atoms with Gasteiger partial charge in [-0.25, -0.2) is 4.79 Å². The summed E-state index contributed by atoms with van der Waals surface area (Å²) >= 11 is 0. The predicted octanol–water partition coefficient (Wildman–Crippen LogP) is 2.51. The van der Waals surface area contributed by atoms with Crippen LogP contribution >= 0.6 is 0 Å². The lowest BCUT2D eigenvalue weighted by atomic mass is 10.2. The summed E-state index contributed by atoms with van der Waals surface area (Å²) in [5.74, 6) is -2.28. The molecule has 0 atom stereocenters. The number of carbonyl (C=O) groups is 3. The Morgan fingerprint density at radius 1 is 0.962 bits per heavy atom. The Kier molecular flexibility index (Phi) is 6.32. The number of anilines is 3. The Bertz CT molecular complexity index is 818. The van der Waals surface area contributed by atoms with Crippen molar-refractivity contribution in [1.82, 2.24) is 0 Å². The minimum absolute atomic E-state index is 0.185. The average Bonchev–Trinajstić information content (AvgIpc) is 2.62. The van der Waals surface area contributed by atoms with Crippen molar-refractivity contribution in [2.45, 2.75) is 6.92 Å². The Balaban J connectivity index is 2.09. The summed E-state index contributed by atoms with van der Waals surface area (Å²) in [5, 5.41) is 4.98. The summed E-state index contributed by atoms with van der Waals surface area (Å²) in [6.07, 6.45) is 0. The minimum atomic E-state index is -0.878. The number of rotatable bonds is 5. The quantitative estimate of drug-likeness (QED) is 0.636. The maximum Gasteiger partial charge on any atom is 0.340 e. The molecule has 0 spiro atoms. The first-order chi connectivity index (χ1) is 12.4. The summed E-state index contributed by atoms with van der Waals surface area (Å²) in [4.78, 5) is 38.1. The fourth-order valence-electron chi connectivity index (χ4n) is 2.21. The largest absolute Gasteiger partial charge is 0.462 e. The molecule has 0 aliphatic rings. The molecule has 0 bridgehead atoms. The van der Waals surface area contributed by atoms with Gasteiger partial charge in [0.1, 0.15) is 0 Å². The molecule has 0 aliphatic heterocycles. The number of nitrogens with zero attached hydrogens (tertiary/aromatic N) is 1. The molecule has 0 saturated carbocycles. The molecule has 0 radical (unpaired) electrons. The molecule has 7 heteroatoms. The van der Waals surface area contributed by atoms with Gasteiger partial charge in [0, 0.05) is 25.5 Å². The van der Waals surface area contributed by atoms with Crippen LogP contribution in [0.1, 0.15) is 17.3 Å². The zero-order valence-electron chi connectivity index (χ0n) is 14.9. The van der Waals surface area contributed by atoms with Gasteiger partial charge in [0.25, 0.3) is 0 Å². The Hall–Kier alpha value is -3.35. The number of nitrogens with one attached hydrogen (secondary N) is 2. The molecule has 2 rings (SSSR count). The molecule has 26 heavy (non-hydrogen) atoms. The van der Waals surface area contributed by atoms with E-state index in [4.69, 9.17) is 4.74 Å². The number of carbonyl (C=O) groups excluding carboxylic acids is 3. The molecule has 7 nitrogen and oxygen atoms in total. The number of amides is 2. The van der Waals surface area contributed by atoms with Crippen LogP contribution in [0.3, 0.4) is 0 Å². The van der Waals surface area contributed by atoms with E-state index in [0.717, 1.165) is 5.69 Å². The lowest BCUT2D eigenvalue weighted by molar-refractivity contribution is -0.133. The van der Waals surface area contributed by atoms with Gasteiger partial charge in [-0.1, -0.05) is 18.2 Å². The van der Waals surface area contributed by atoms with Crippen molar-refractivity contribution in [2.75, 3.05) is 36.2 Å². The summed E-state index contributed by atoms with van der Waals surface area (Å²) < 4.78 is 4.95. The summed E-state index contributed by atoms with van der Waals surface area (Å²) in [6, 6.07) is 13.4. The van der Waals surface area contributed by atoms with E-state index in [1.807, 2.05) is 25.1 Å². The first kappa shape index (κ1) is 19.0. The second-order valence-electron chi connectivity index (χ2n) is 5.62. The van der Waals surface area contributed by atoms with E-state index in [1.165, 1.54) is 12.1 Å². The zero-order valence-corrected chi connectivity index (χ0v) is 14.9. The van der Waals surface area contributed by atoms with Gasteiger partial charge < -0.3 is 20.3 Å². The van der Waals surface area contributed by atoms with Gasteiger partial charge in [-0.15, -0.1) is 0 Å². The van der Waals surface area contributed by atoms with Crippen LogP contribution in [-0.4, -0.2) is 38.5 Å². The lowest BCUT2D eigenvalue weighted by Gasteiger charge is -2.14. The highest BCUT2D eigenvalue weighted by Gasteiger charge is 2.18. The third kappa shape index (κ3) is 4.83. The van der Waals surface area contributed by atoms with E-state index in [9.17, 15) is 14.4 Å². The SMILES string of the molecule is CCOC(=O)c1ccccc1NC(=O)C(=O)Nc1cccc(N(C)C)c1. The van der Waals surface area contributed by atoms with E-state index in [-0.39, 0.29) is 17.9 Å². The molecule has 2 N–H and O–H groups in total. The van der Waals surface area contributed by atoms with E-state index in [0.29, 0.717) is 5.69 Å². The highest BCUT2D eigenvalue weighted by molar-refractivity contribution is 6.44. The van der Waals surface area contributed by atoms with E-state index >= 15 is 0 Å². The van der Waals surface area contributed by atoms with Gasteiger partial charge in [-0.3, -0.25) is 9.59 Å². The fraction of sp³-hybridized carbons (Fsp3) is 0.211. The maximum atomic E-state index is 12.2. The van der Waals surface area contributed by atoms with Crippen molar-refractivity contribution in [2.24, 2.45) is 0 Å². The normalized spacial score (nSPS) is 9.96. The highest BCUT2D eigenvalue weighted by atomic mass is 16.5. The molecule has 136 valence electrons. The van der Waals surface area contributed by atoms with E-state index in [2.05, 4.69) is 10.6 Å². The molecule has 0 aliphatic carbocycles. The van der Waals surface area contributed by atoms with Gasteiger partial charge in [0.15, 0.2) is 0 Å². The van der Waals surface area contributed by atoms with Crippen molar-refractivity contribution in [1.29, 1.82) is 0 Å². The van der Waals surface area contributed by atoms with Gasteiger partial charge in [-0.05, 0) is 37.3 Å². The highest BCUT2D eigenvalue weighted by Crippen LogP contribution is 2.18. The van der Waals surface area contributed by atoms with Crippen molar-refractivity contribution in [3.8, 4) is 0 Å². The monoisotopic (exact) mass is 355 g/mol. The van der Waals surface area contributed by atoms with Crippen LogP contribution in [0.4, 0.5) is 17.1 Å². The molecule has 0 aromatic heterocycles. The smallest absolute Gasteiger partial charge is 0.340 e. The Morgan fingerprint density at radius 2 is 1.65 bits per heavy atom. The van der Waals surface area contributed by atoms with Crippen molar-refractivity contribution >= 4 is 34.8 Å². The van der Waals surface area contributed by atoms with Crippen molar-refractivity contribution in [3.05, 3.63) is 54.1 Å². The summed E-state index contributed by atoms with van der Waals surface area (Å²) in [6.45, 7) is 1.90. The molecule has 0 heterocycles. The van der Waals surface area contributed by atoms with Gasteiger partial charge >= 0.3 is 17.8 Å². The fourth-order valence-corrected chi connectivity index (χ4v) is 2.21. The van der Waals surface area contributed by atoms with Gasteiger partial charge in [0.05, 0.1) is 17.9 Å². The molecular formula is C19H21N3O4. The van der Waals surface area contributed by atoms with Crippen LogP contribution in [0.5, 0.6) is 0 Å². The molecule has 0 unspecified atom stereocenters. The second-order valence-corrected chi connectivity index (χ2v) is 5.62. The summed E-state index contributed by atoms with van der Waals surface area (Å²) in [7, 11) is 3.75. The van der Waals surface area contributed by atoms with E-state index < -0.39 is 17.8 Å². The first-order valence-electron chi connectivity index (χ1n) is 8.08. The molecule has 2 amide bonds. The van der Waals surface area contributed by atoms with Gasteiger partial charge in [-0.2, -0.15) is 0 Å². The number of ether oxygens (including phenoxy) is 1. The predicted molar refractivity (Wildman–Crippen MR) is 100 cm³/mol. The Morgan fingerprint density at radius 3 is 2.35 bits per heavy atom. The lowest BCUT2D eigenvalue weighted by Crippen LogP contribution is -2.29. The van der Waals surface area contributed by atoms with Crippen LogP contribution in [0.25, 0.3) is 0 Å². The van der Waals surface area contributed by atoms with Gasteiger partial charge in [0.2, 0.25) is 0 Å². The summed E-state index contributed by atoms with van der Waals surface area (Å²) in [5.41, 5.74) is 1.78. The Labute approximate surface area is 152 Å². The van der Waals surface area contributed by atoms with Crippen molar-refractivity contribution < 1.29 is 19.1 Å². The number of para-hydroxylation sites is 1. The van der Waals surface area contributed by atoms with E-state index in [1.54, 1.807) is 37.3 Å². The molecule has 0 fully saturated rings. The standard InChI is InChI=1S/C19H21N3O4/c1-4-26-19(25)15-10-5-6-11-16(15)21-18(24)17(23)20-13-8-7-9-14(12-13)22(2)3/h5-12H,4H2,1-3H3,(H,20,23)(H,21,24). The van der Waals surface area contributed by atoms with Crippen LogP contribution in [0.2, 0.25) is 0 Å². The van der Waals surface area contributed by atoms with Crippen molar-refractivity contribution in [3.63, 3.8) is 0 Å². The molecule has 2 aromatic carbocycles. The number of hydrogen-bond acceptors (Lipinski definition) is 5.